The van der Waals surface area contributed by atoms with Crippen LogP contribution in [0.15, 0.2) is 24.3 Å². The van der Waals surface area contributed by atoms with Gasteiger partial charge in [-0.15, -0.1) is 0 Å². The smallest absolute Gasteiger partial charge is 0.332 e. The molecule has 1 rings (SSSR count). The van der Waals surface area contributed by atoms with Crippen LogP contribution in [0.5, 0.6) is 11.5 Å². The molecule has 1 aromatic carbocycles. The Morgan fingerprint density at radius 3 is 2.29 bits per heavy atom. The van der Waals surface area contributed by atoms with Crippen molar-refractivity contribution in [2.45, 2.75) is 19.4 Å². The van der Waals surface area contributed by atoms with Gasteiger partial charge in [0.15, 0.2) is 12.7 Å². The molecule has 1 unspecified atom stereocenters. The molecule has 1 aromatic rings. The molecule has 1 atom stereocenters. The van der Waals surface area contributed by atoms with Gasteiger partial charge in [0.25, 0.3) is 5.91 Å². The van der Waals surface area contributed by atoms with Gasteiger partial charge in [0.1, 0.15) is 11.5 Å². The third-order valence-electron chi connectivity index (χ3n) is 2.53. The molecule has 0 aliphatic rings. The van der Waals surface area contributed by atoms with Crippen LogP contribution in [0, 0.1) is 0 Å². The van der Waals surface area contributed by atoms with Crippen LogP contribution in [-0.4, -0.2) is 48.0 Å². The molecule has 0 spiro atoms. The number of amides is 1. The van der Waals surface area contributed by atoms with Gasteiger partial charge in [-0.1, -0.05) is 0 Å². The molecule has 1 amide bonds. The van der Waals surface area contributed by atoms with Crippen LogP contribution >= 0.6 is 0 Å². The van der Waals surface area contributed by atoms with Crippen LogP contribution in [0.2, 0.25) is 0 Å². The average molecular weight is 297 g/mol. The van der Waals surface area contributed by atoms with E-state index < -0.39 is 12.1 Å². The Morgan fingerprint density at radius 2 is 1.76 bits per heavy atom. The molecule has 0 bridgehead atoms. The largest absolute Gasteiger partial charge is 0.494 e. The lowest BCUT2D eigenvalue weighted by Crippen LogP contribution is -2.33. The fourth-order valence-corrected chi connectivity index (χ4v) is 1.47. The lowest BCUT2D eigenvalue weighted by molar-refractivity contribution is -0.147. The third-order valence-corrected chi connectivity index (χ3v) is 2.53. The summed E-state index contributed by atoms with van der Waals surface area (Å²) in [5, 5.41) is 19.9. The van der Waals surface area contributed by atoms with Gasteiger partial charge in [-0.05, 0) is 31.2 Å². The first-order valence-electron chi connectivity index (χ1n) is 6.56. The molecular weight excluding hydrogens is 278 g/mol. The Bertz CT molecular complexity index is 459. The summed E-state index contributed by atoms with van der Waals surface area (Å²) in [6.45, 7) is 2.34. The molecule has 7 heteroatoms. The van der Waals surface area contributed by atoms with Crippen molar-refractivity contribution in [3.63, 3.8) is 0 Å². The standard InChI is InChI=1S/C14H19NO6/c1-2-20-10-3-5-11(6-4-10)21-9-13(17)15-8-7-12(16)14(18)19/h3-6,12,16H,2,7-9H2,1H3,(H,15,17)(H,18,19). The van der Waals surface area contributed by atoms with E-state index in [-0.39, 0.29) is 25.5 Å². The molecule has 0 aromatic heterocycles. The van der Waals surface area contributed by atoms with Crippen molar-refractivity contribution in [1.82, 2.24) is 5.32 Å². The van der Waals surface area contributed by atoms with Gasteiger partial charge >= 0.3 is 5.97 Å². The van der Waals surface area contributed by atoms with Crippen molar-refractivity contribution in [3.05, 3.63) is 24.3 Å². The summed E-state index contributed by atoms with van der Waals surface area (Å²) < 4.78 is 10.5. The number of nitrogens with one attached hydrogen (secondary N) is 1. The molecule has 0 fully saturated rings. The minimum absolute atomic E-state index is 0.0515. The number of carbonyl (C=O) groups is 2. The highest BCUT2D eigenvalue weighted by Gasteiger charge is 2.12. The molecule has 0 heterocycles. The highest BCUT2D eigenvalue weighted by Crippen LogP contribution is 2.17. The highest BCUT2D eigenvalue weighted by atomic mass is 16.5. The van der Waals surface area contributed by atoms with Crippen LogP contribution in [0.3, 0.4) is 0 Å². The number of aliphatic carboxylic acids is 1. The van der Waals surface area contributed by atoms with E-state index >= 15 is 0 Å². The number of benzene rings is 1. The van der Waals surface area contributed by atoms with Crippen LogP contribution < -0.4 is 14.8 Å². The summed E-state index contributed by atoms with van der Waals surface area (Å²) in [4.78, 5) is 21.8. The second-order valence-corrected chi connectivity index (χ2v) is 4.19. The molecule has 7 nitrogen and oxygen atoms in total. The highest BCUT2D eigenvalue weighted by molar-refractivity contribution is 5.77. The quantitative estimate of drug-likeness (QED) is 0.610. The number of carbonyl (C=O) groups excluding carboxylic acids is 1. The number of rotatable bonds is 9. The molecule has 0 radical (unpaired) electrons. The summed E-state index contributed by atoms with van der Waals surface area (Å²) in [7, 11) is 0. The van der Waals surface area contributed by atoms with Gasteiger partial charge in [-0.3, -0.25) is 4.79 Å². The Hall–Kier alpha value is -2.28. The van der Waals surface area contributed by atoms with E-state index in [0.717, 1.165) is 5.75 Å². The SMILES string of the molecule is CCOc1ccc(OCC(=O)NCCC(O)C(=O)O)cc1. The van der Waals surface area contributed by atoms with Crippen molar-refractivity contribution >= 4 is 11.9 Å². The maximum atomic E-state index is 11.4. The number of aliphatic hydroxyl groups is 1. The fraction of sp³-hybridized carbons (Fsp3) is 0.429. The number of carboxylic acid groups (broad SMARTS) is 1. The second kappa shape index (κ2) is 8.80. The predicted octanol–water partition coefficient (Wildman–Crippen LogP) is 0.416. The van der Waals surface area contributed by atoms with Crippen LogP contribution in [0.4, 0.5) is 0 Å². The van der Waals surface area contributed by atoms with Crippen molar-refractivity contribution < 1.29 is 29.3 Å². The fourth-order valence-electron chi connectivity index (χ4n) is 1.47. The molecule has 0 aliphatic heterocycles. The van der Waals surface area contributed by atoms with E-state index in [1.807, 2.05) is 6.92 Å². The third kappa shape index (κ3) is 6.62. The van der Waals surface area contributed by atoms with Crippen LogP contribution in [0.1, 0.15) is 13.3 Å². The van der Waals surface area contributed by atoms with E-state index in [4.69, 9.17) is 19.7 Å². The maximum absolute atomic E-state index is 11.4. The number of hydrogen-bond donors (Lipinski definition) is 3. The van der Waals surface area contributed by atoms with E-state index in [0.29, 0.717) is 12.4 Å². The molecule has 3 N–H and O–H groups in total. The van der Waals surface area contributed by atoms with Crippen molar-refractivity contribution in [2.24, 2.45) is 0 Å². The Balaban J connectivity index is 2.24. The van der Waals surface area contributed by atoms with Gasteiger partial charge in [0.2, 0.25) is 0 Å². The van der Waals surface area contributed by atoms with E-state index in [2.05, 4.69) is 5.32 Å². The second-order valence-electron chi connectivity index (χ2n) is 4.19. The van der Waals surface area contributed by atoms with Crippen LogP contribution in [-0.2, 0) is 9.59 Å². The summed E-state index contributed by atoms with van der Waals surface area (Å²) in [5.41, 5.74) is 0. The topological polar surface area (TPSA) is 105 Å². The number of hydrogen-bond acceptors (Lipinski definition) is 5. The monoisotopic (exact) mass is 297 g/mol. The molecular formula is C14H19NO6. The summed E-state index contributed by atoms with van der Waals surface area (Å²) in [6.07, 6.45) is -1.53. The minimum Gasteiger partial charge on any atom is -0.494 e. The Kier molecular flexibility index (Phi) is 7.03. The van der Waals surface area contributed by atoms with E-state index in [9.17, 15) is 9.59 Å². The van der Waals surface area contributed by atoms with Gasteiger partial charge in [-0.25, -0.2) is 4.79 Å². The molecule has 0 saturated carbocycles. The number of ether oxygens (including phenoxy) is 2. The molecule has 0 saturated heterocycles. The Morgan fingerprint density at radius 1 is 1.19 bits per heavy atom. The lowest BCUT2D eigenvalue weighted by atomic mass is 10.2. The summed E-state index contributed by atoms with van der Waals surface area (Å²) in [6, 6.07) is 6.85. The van der Waals surface area contributed by atoms with E-state index in [1.54, 1.807) is 24.3 Å². The minimum atomic E-state index is -1.47. The molecule has 116 valence electrons. The van der Waals surface area contributed by atoms with Crippen LogP contribution in [0.25, 0.3) is 0 Å². The lowest BCUT2D eigenvalue weighted by Gasteiger charge is -2.09. The van der Waals surface area contributed by atoms with Gasteiger partial charge in [-0.2, -0.15) is 0 Å². The first-order chi connectivity index (χ1) is 10.0. The zero-order valence-electron chi connectivity index (χ0n) is 11.7. The number of carboxylic acids is 1. The molecule has 0 aliphatic carbocycles. The normalized spacial score (nSPS) is 11.5. The van der Waals surface area contributed by atoms with Gasteiger partial charge in [0.05, 0.1) is 6.61 Å². The number of aliphatic hydroxyl groups excluding tert-OH is 1. The maximum Gasteiger partial charge on any atom is 0.332 e. The van der Waals surface area contributed by atoms with Crippen molar-refractivity contribution in [1.29, 1.82) is 0 Å². The zero-order valence-corrected chi connectivity index (χ0v) is 11.7. The summed E-state index contributed by atoms with van der Waals surface area (Å²) in [5.74, 6) is -0.451. The van der Waals surface area contributed by atoms with Gasteiger partial charge < -0.3 is 25.0 Å². The molecule has 21 heavy (non-hydrogen) atoms. The van der Waals surface area contributed by atoms with E-state index in [1.165, 1.54) is 0 Å². The first kappa shape index (κ1) is 16.8. The van der Waals surface area contributed by atoms with Crippen molar-refractivity contribution in [3.8, 4) is 11.5 Å². The Labute approximate surface area is 122 Å². The predicted molar refractivity (Wildman–Crippen MR) is 74.4 cm³/mol. The average Bonchev–Trinajstić information content (AvgIpc) is 2.46. The zero-order chi connectivity index (χ0) is 15.7. The van der Waals surface area contributed by atoms with Gasteiger partial charge in [0, 0.05) is 13.0 Å². The first-order valence-corrected chi connectivity index (χ1v) is 6.56. The summed E-state index contributed by atoms with van der Waals surface area (Å²) >= 11 is 0. The van der Waals surface area contributed by atoms with Crippen molar-refractivity contribution in [2.75, 3.05) is 19.8 Å².